The zero-order valence-corrected chi connectivity index (χ0v) is 23.6. The monoisotopic (exact) mass is 593 g/mol. The number of amides is 2. The van der Waals surface area contributed by atoms with Gasteiger partial charge in [0.2, 0.25) is 5.91 Å². The van der Waals surface area contributed by atoms with Crippen LogP contribution in [0.25, 0.3) is 16.8 Å². The molecule has 10 nitrogen and oxygen atoms in total. The molecule has 0 radical (unpaired) electrons. The van der Waals surface area contributed by atoms with E-state index in [2.05, 4.69) is 22.2 Å². The Balaban J connectivity index is 1.27. The maximum Gasteiger partial charge on any atom is 0.416 e. The number of carbonyl (C=O) groups is 2. The first-order valence-electron chi connectivity index (χ1n) is 13.9. The van der Waals surface area contributed by atoms with E-state index in [0.717, 1.165) is 37.0 Å². The molecular formula is C30H30F3N7O3. The molecule has 2 aliphatic heterocycles. The predicted molar refractivity (Wildman–Crippen MR) is 152 cm³/mol. The molecule has 2 aliphatic rings. The van der Waals surface area contributed by atoms with E-state index in [1.54, 1.807) is 36.7 Å². The summed E-state index contributed by atoms with van der Waals surface area (Å²) in [7, 11) is 0. The molecule has 3 aromatic heterocycles. The molecule has 0 aliphatic carbocycles. The number of nitrogens with one attached hydrogen (secondary N) is 1. The van der Waals surface area contributed by atoms with Crippen LogP contribution in [0.1, 0.15) is 54.4 Å². The number of aromatic nitrogens is 4. The number of hydrogen-bond donors (Lipinski definition) is 2. The fourth-order valence-electron chi connectivity index (χ4n) is 5.70. The van der Waals surface area contributed by atoms with Crippen LogP contribution in [-0.4, -0.2) is 61.9 Å². The van der Waals surface area contributed by atoms with Crippen LogP contribution < -0.4 is 11.1 Å². The van der Waals surface area contributed by atoms with Crippen LogP contribution in [0, 0.1) is 5.41 Å². The van der Waals surface area contributed by atoms with Crippen molar-refractivity contribution in [2.45, 2.75) is 44.8 Å². The van der Waals surface area contributed by atoms with Crippen LogP contribution in [0.3, 0.4) is 0 Å². The van der Waals surface area contributed by atoms with Crippen molar-refractivity contribution < 1.29 is 27.5 Å². The number of carbonyl (C=O) groups excluding carboxylic acids is 2. The Bertz CT molecular complexity index is 1700. The summed E-state index contributed by atoms with van der Waals surface area (Å²) in [4.78, 5) is 41.2. The van der Waals surface area contributed by atoms with E-state index in [4.69, 9.17) is 15.5 Å². The summed E-state index contributed by atoms with van der Waals surface area (Å²) in [6, 6.07) is 8.22. The third-order valence-electron chi connectivity index (χ3n) is 8.23. The Morgan fingerprint density at radius 2 is 1.84 bits per heavy atom. The Morgan fingerprint density at radius 1 is 1.09 bits per heavy atom. The first kappa shape index (κ1) is 28.6. The average molecular weight is 594 g/mol. The molecule has 0 bridgehead atoms. The van der Waals surface area contributed by atoms with Crippen LogP contribution in [-0.2, 0) is 15.7 Å². The third-order valence-corrected chi connectivity index (χ3v) is 8.23. The predicted octanol–water partition coefficient (Wildman–Crippen LogP) is 4.78. The van der Waals surface area contributed by atoms with E-state index in [9.17, 15) is 22.8 Å². The quantitative estimate of drug-likeness (QED) is 0.341. The number of nitrogens with zero attached hydrogens (tertiary/aromatic N) is 5. The molecule has 5 heterocycles. The SMILES string of the molecule is C[C@@H]1CC[C@@H](c2nc(-c3ccc(C(=O)Nc4cc(C(F)(F)F)ccn4)cc3)c3c(N)nccn23)CN1C(=O)C1(C)COC1. The number of pyridine rings is 1. The van der Waals surface area contributed by atoms with Gasteiger partial charge in [-0.15, -0.1) is 0 Å². The van der Waals surface area contributed by atoms with Crippen LogP contribution in [0.2, 0.25) is 0 Å². The van der Waals surface area contributed by atoms with Gasteiger partial charge in [-0.05, 0) is 51.0 Å². The van der Waals surface area contributed by atoms with Gasteiger partial charge in [-0.1, -0.05) is 12.1 Å². The minimum Gasteiger partial charge on any atom is -0.382 e. The van der Waals surface area contributed by atoms with Crippen molar-refractivity contribution in [3.8, 4) is 11.3 Å². The highest BCUT2D eigenvalue weighted by atomic mass is 19.4. The lowest BCUT2D eigenvalue weighted by atomic mass is 9.84. The van der Waals surface area contributed by atoms with Gasteiger partial charge in [0, 0.05) is 48.2 Å². The van der Waals surface area contributed by atoms with Gasteiger partial charge in [0.25, 0.3) is 5.91 Å². The fraction of sp³-hybridized carbons (Fsp3) is 0.367. The van der Waals surface area contributed by atoms with Crippen molar-refractivity contribution in [3.63, 3.8) is 0 Å². The summed E-state index contributed by atoms with van der Waals surface area (Å²) in [5.41, 5.74) is 6.99. The summed E-state index contributed by atoms with van der Waals surface area (Å²) in [5, 5.41) is 2.41. The lowest BCUT2D eigenvalue weighted by Crippen LogP contribution is -2.57. The maximum absolute atomic E-state index is 13.4. The van der Waals surface area contributed by atoms with E-state index >= 15 is 0 Å². The van der Waals surface area contributed by atoms with Crippen molar-refractivity contribution >= 4 is 29.0 Å². The largest absolute Gasteiger partial charge is 0.416 e. The summed E-state index contributed by atoms with van der Waals surface area (Å²) >= 11 is 0. The van der Waals surface area contributed by atoms with Crippen molar-refractivity contribution in [3.05, 3.63) is 71.9 Å². The smallest absolute Gasteiger partial charge is 0.382 e. The number of fused-ring (bicyclic) bond motifs is 1. The van der Waals surface area contributed by atoms with E-state index in [1.165, 1.54) is 0 Å². The Kier molecular flexibility index (Phi) is 7.07. The van der Waals surface area contributed by atoms with Crippen LogP contribution in [0.5, 0.6) is 0 Å². The molecule has 224 valence electrons. The molecule has 6 rings (SSSR count). The fourth-order valence-corrected chi connectivity index (χ4v) is 5.70. The van der Waals surface area contributed by atoms with E-state index in [1.807, 2.05) is 16.2 Å². The van der Waals surface area contributed by atoms with Crippen LogP contribution in [0.15, 0.2) is 55.0 Å². The lowest BCUT2D eigenvalue weighted by Gasteiger charge is -2.45. The normalized spacial score (nSPS) is 20.1. The van der Waals surface area contributed by atoms with Gasteiger partial charge < -0.3 is 20.7 Å². The number of rotatable bonds is 5. The molecule has 2 amide bonds. The van der Waals surface area contributed by atoms with Crippen molar-refractivity contribution in [1.82, 2.24) is 24.3 Å². The van der Waals surface area contributed by atoms with Crippen molar-refractivity contribution in [2.24, 2.45) is 5.41 Å². The standard InChI is InChI=1S/C30H30F3N7O3/c1-17-3-4-20(14-40(17)28(42)29(2)15-43-16-29)26-38-23(24-25(34)36-11-12-39(24)26)18-5-7-19(8-6-18)27(41)37-22-13-21(9-10-35-22)30(31,32)33/h5-13,17,20H,3-4,14-16H2,1-2H3,(H2,34,36)(H,35,37,41)/t17-,20-/m1/s1. The second kappa shape index (κ2) is 10.6. The number of ether oxygens (including phenoxy) is 1. The second-order valence-corrected chi connectivity index (χ2v) is 11.4. The van der Waals surface area contributed by atoms with Gasteiger partial charge in [0.1, 0.15) is 28.7 Å². The molecule has 2 atom stereocenters. The Hall–Kier alpha value is -4.52. The van der Waals surface area contributed by atoms with Gasteiger partial charge >= 0.3 is 6.18 Å². The van der Waals surface area contributed by atoms with Gasteiger partial charge in [-0.25, -0.2) is 15.0 Å². The van der Waals surface area contributed by atoms with Crippen LogP contribution in [0.4, 0.5) is 24.8 Å². The highest BCUT2D eigenvalue weighted by molar-refractivity contribution is 6.04. The molecule has 0 spiro atoms. The number of nitrogen functional groups attached to an aromatic ring is 1. The maximum atomic E-state index is 13.4. The van der Waals surface area contributed by atoms with Crippen LogP contribution >= 0.6 is 0 Å². The number of benzene rings is 1. The zero-order chi connectivity index (χ0) is 30.5. The highest BCUT2D eigenvalue weighted by Crippen LogP contribution is 2.38. The number of piperidine rings is 1. The van der Waals surface area contributed by atoms with E-state index in [0.29, 0.717) is 36.5 Å². The molecule has 13 heteroatoms. The number of imidazole rings is 1. The molecule has 2 saturated heterocycles. The molecular weight excluding hydrogens is 563 g/mol. The lowest BCUT2D eigenvalue weighted by molar-refractivity contribution is -0.172. The summed E-state index contributed by atoms with van der Waals surface area (Å²) in [6.07, 6.45) is 1.50. The number of hydrogen-bond acceptors (Lipinski definition) is 7. The molecule has 4 aromatic rings. The third kappa shape index (κ3) is 5.29. The summed E-state index contributed by atoms with van der Waals surface area (Å²) in [6.45, 7) is 5.35. The molecule has 2 fully saturated rings. The molecule has 43 heavy (non-hydrogen) atoms. The number of nitrogens with two attached hydrogens (primary N) is 1. The second-order valence-electron chi connectivity index (χ2n) is 11.4. The minimum absolute atomic E-state index is 0.0437. The average Bonchev–Trinajstić information content (AvgIpc) is 3.36. The molecule has 0 saturated carbocycles. The van der Waals surface area contributed by atoms with E-state index < -0.39 is 23.1 Å². The number of likely N-dealkylation sites (tertiary alicyclic amines) is 1. The first-order chi connectivity index (χ1) is 20.4. The van der Waals surface area contributed by atoms with E-state index in [-0.39, 0.29) is 35.1 Å². The molecule has 3 N–H and O–H groups in total. The molecule has 1 aromatic carbocycles. The van der Waals surface area contributed by atoms with Gasteiger partial charge in [0.15, 0.2) is 0 Å². The summed E-state index contributed by atoms with van der Waals surface area (Å²) < 4.78 is 46.4. The Morgan fingerprint density at radius 3 is 2.51 bits per heavy atom. The Labute approximate surface area is 245 Å². The number of halogens is 3. The number of alkyl halides is 3. The van der Waals surface area contributed by atoms with Crippen molar-refractivity contribution in [2.75, 3.05) is 30.8 Å². The highest BCUT2D eigenvalue weighted by Gasteiger charge is 2.46. The summed E-state index contributed by atoms with van der Waals surface area (Å²) in [5.74, 6) is 0.272. The first-order valence-corrected chi connectivity index (χ1v) is 13.9. The zero-order valence-electron chi connectivity index (χ0n) is 23.6. The topological polar surface area (TPSA) is 128 Å². The van der Waals surface area contributed by atoms with Gasteiger partial charge in [-0.3, -0.25) is 14.0 Å². The van der Waals surface area contributed by atoms with Gasteiger partial charge in [0.05, 0.1) is 24.2 Å². The number of anilines is 2. The minimum atomic E-state index is -4.56. The van der Waals surface area contributed by atoms with Crippen molar-refractivity contribution in [1.29, 1.82) is 0 Å². The van der Waals surface area contributed by atoms with Gasteiger partial charge in [-0.2, -0.15) is 13.2 Å². The molecule has 0 unspecified atom stereocenters.